The molecule has 0 spiro atoms. The maximum Gasteiger partial charge on any atom is 0.425 e. The molecule has 15 heavy (non-hydrogen) atoms. The Kier molecular flexibility index (Phi) is 3.96. The monoisotopic (exact) mass is 237 g/mol. The number of rotatable bonds is 3. The molecule has 2 nitrogen and oxygen atoms in total. The molecule has 82 valence electrons. The minimum absolute atomic E-state index is 0.400. The van der Waals surface area contributed by atoms with Gasteiger partial charge < -0.3 is 4.84 Å². The predicted molar refractivity (Wildman–Crippen MR) is 51.1 cm³/mol. The van der Waals surface area contributed by atoms with Crippen molar-refractivity contribution in [3.05, 3.63) is 34.9 Å². The number of nitrogens with zero attached hydrogens (tertiary/aromatic N) is 1. The number of oxime groups is 1. The fraction of sp³-hybridized carbons (Fsp3) is 0.222. The van der Waals surface area contributed by atoms with E-state index in [2.05, 4.69) is 9.99 Å². The molecule has 6 heteroatoms. The highest BCUT2D eigenvalue weighted by Gasteiger charge is 2.28. The Balaban J connectivity index is 2.49. The van der Waals surface area contributed by atoms with Gasteiger partial charge in [0, 0.05) is 10.6 Å². The summed E-state index contributed by atoms with van der Waals surface area (Å²) in [7, 11) is 0. The zero-order valence-electron chi connectivity index (χ0n) is 7.46. The van der Waals surface area contributed by atoms with Gasteiger partial charge in [-0.15, -0.1) is 0 Å². The van der Waals surface area contributed by atoms with Gasteiger partial charge in [-0.2, -0.15) is 13.2 Å². The van der Waals surface area contributed by atoms with E-state index < -0.39 is 12.8 Å². The van der Waals surface area contributed by atoms with E-state index in [0.29, 0.717) is 10.6 Å². The molecule has 0 N–H and O–H groups in total. The minimum Gasteiger partial charge on any atom is -0.386 e. The lowest BCUT2D eigenvalue weighted by molar-refractivity contribution is -0.173. The molecule has 0 atom stereocenters. The van der Waals surface area contributed by atoms with Crippen molar-refractivity contribution in [3.63, 3.8) is 0 Å². The molecule has 0 fully saturated rings. The van der Waals surface area contributed by atoms with Crippen LogP contribution >= 0.6 is 11.6 Å². The van der Waals surface area contributed by atoms with Crippen molar-refractivity contribution in [1.29, 1.82) is 0 Å². The molecule has 1 aromatic rings. The average molecular weight is 238 g/mol. The summed E-state index contributed by atoms with van der Waals surface area (Å²) < 4.78 is 34.9. The summed E-state index contributed by atoms with van der Waals surface area (Å²) in [4.78, 5) is 4.04. The topological polar surface area (TPSA) is 21.6 Å². The van der Waals surface area contributed by atoms with Crippen molar-refractivity contribution in [1.82, 2.24) is 0 Å². The second-order valence-corrected chi connectivity index (χ2v) is 3.05. The van der Waals surface area contributed by atoms with E-state index in [1.165, 1.54) is 0 Å². The van der Waals surface area contributed by atoms with Gasteiger partial charge in [0.05, 0.1) is 6.21 Å². The van der Waals surface area contributed by atoms with Crippen LogP contribution in [-0.4, -0.2) is 19.0 Å². The molecule has 1 aromatic carbocycles. The molecule has 0 saturated heterocycles. The summed E-state index contributed by atoms with van der Waals surface area (Å²) >= 11 is 5.72. The molecule has 1 rings (SSSR count). The van der Waals surface area contributed by atoms with Gasteiger partial charge in [-0.25, -0.2) is 0 Å². The minimum atomic E-state index is -4.38. The first-order valence-corrected chi connectivity index (χ1v) is 4.33. The third-order valence-electron chi connectivity index (χ3n) is 1.40. The molecule has 0 aliphatic heterocycles. The molecule has 0 aliphatic carbocycles. The first-order chi connectivity index (χ1) is 6.99. The van der Waals surface area contributed by atoms with Gasteiger partial charge in [-0.05, 0) is 6.07 Å². The van der Waals surface area contributed by atoms with Gasteiger partial charge >= 0.3 is 6.18 Å². The van der Waals surface area contributed by atoms with E-state index in [1.54, 1.807) is 24.3 Å². The molecule has 0 radical (unpaired) electrons. The SMILES string of the molecule is FC(F)(F)CON=Cc1ccccc1Cl. The molecule has 0 bridgehead atoms. The largest absolute Gasteiger partial charge is 0.425 e. The summed E-state index contributed by atoms with van der Waals surface area (Å²) in [6, 6.07) is 6.61. The molecule has 0 amide bonds. The Bertz CT molecular complexity index is 351. The molecule has 0 aliphatic rings. The van der Waals surface area contributed by atoms with Crippen molar-refractivity contribution in [2.75, 3.05) is 6.61 Å². The van der Waals surface area contributed by atoms with Crippen LogP contribution in [0.25, 0.3) is 0 Å². The van der Waals surface area contributed by atoms with Crippen molar-refractivity contribution in [2.24, 2.45) is 5.16 Å². The van der Waals surface area contributed by atoms with Gasteiger partial charge in [0.2, 0.25) is 6.61 Å². The quantitative estimate of drug-likeness (QED) is 0.584. The van der Waals surface area contributed by atoms with Crippen LogP contribution in [0.4, 0.5) is 13.2 Å². The summed E-state index contributed by atoms with van der Waals surface area (Å²) in [5.41, 5.74) is 0.501. The summed E-state index contributed by atoms with van der Waals surface area (Å²) in [6.07, 6.45) is -3.24. The molecule has 0 aromatic heterocycles. The van der Waals surface area contributed by atoms with Crippen molar-refractivity contribution in [2.45, 2.75) is 6.18 Å². The normalized spacial score (nSPS) is 12.0. The lowest BCUT2D eigenvalue weighted by Gasteiger charge is -2.03. The van der Waals surface area contributed by atoms with Crippen LogP contribution in [0.5, 0.6) is 0 Å². The number of hydrogen-bond donors (Lipinski definition) is 0. The van der Waals surface area contributed by atoms with E-state index in [4.69, 9.17) is 11.6 Å². The van der Waals surface area contributed by atoms with Gasteiger partial charge in [-0.1, -0.05) is 35.0 Å². The van der Waals surface area contributed by atoms with E-state index in [9.17, 15) is 13.2 Å². The van der Waals surface area contributed by atoms with E-state index in [-0.39, 0.29) is 0 Å². The fourth-order valence-electron chi connectivity index (χ4n) is 0.784. The second kappa shape index (κ2) is 5.02. The highest BCUT2D eigenvalue weighted by molar-refractivity contribution is 6.33. The Morgan fingerprint density at radius 1 is 1.33 bits per heavy atom. The van der Waals surface area contributed by atoms with Crippen LogP contribution < -0.4 is 0 Å². The lowest BCUT2D eigenvalue weighted by Crippen LogP contribution is -2.14. The van der Waals surface area contributed by atoms with E-state index in [1.807, 2.05) is 0 Å². The van der Waals surface area contributed by atoms with Crippen molar-refractivity contribution < 1.29 is 18.0 Å². The van der Waals surface area contributed by atoms with Gasteiger partial charge in [0.15, 0.2) is 0 Å². The molecular formula is C9H7ClF3NO. The Labute approximate surface area is 89.3 Å². The average Bonchev–Trinajstić information content (AvgIpc) is 2.13. The molecular weight excluding hydrogens is 231 g/mol. The predicted octanol–water partition coefficient (Wildman–Crippen LogP) is 3.25. The van der Waals surface area contributed by atoms with Gasteiger partial charge in [0.1, 0.15) is 0 Å². The van der Waals surface area contributed by atoms with Crippen LogP contribution in [-0.2, 0) is 4.84 Å². The lowest BCUT2D eigenvalue weighted by atomic mass is 10.2. The van der Waals surface area contributed by atoms with Crippen LogP contribution in [0.3, 0.4) is 0 Å². The van der Waals surface area contributed by atoms with Gasteiger partial charge in [-0.3, -0.25) is 0 Å². The molecule has 0 heterocycles. The molecule has 0 saturated carbocycles. The van der Waals surface area contributed by atoms with Crippen LogP contribution in [0, 0.1) is 0 Å². The standard InChI is InChI=1S/C9H7ClF3NO/c10-8-4-2-1-3-7(8)5-14-15-6-9(11,12)13/h1-5H,6H2. The highest BCUT2D eigenvalue weighted by Crippen LogP contribution is 2.15. The first kappa shape index (κ1) is 11.8. The van der Waals surface area contributed by atoms with Crippen LogP contribution in [0.15, 0.2) is 29.4 Å². The maximum atomic E-state index is 11.6. The van der Waals surface area contributed by atoms with Crippen LogP contribution in [0.2, 0.25) is 5.02 Å². The van der Waals surface area contributed by atoms with E-state index >= 15 is 0 Å². The number of alkyl halides is 3. The molecule has 0 unspecified atom stereocenters. The third-order valence-corrected chi connectivity index (χ3v) is 1.74. The Morgan fingerprint density at radius 2 is 2.00 bits per heavy atom. The maximum absolute atomic E-state index is 11.6. The number of halogens is 4. The summed E-state index contributed by atoms with van der Waals surface area (Å²) in [6.45, 7) is -1.41. The Morgan fingerprint density at radius 3 is 2.60 bits per heavy atom. The zero-order valence-corrected chi connectivity index (χ0v) is 8.22. The van der Waals surface area contributed by atoms with Crippen molar-refractivity contribution in [3.8, 4) is 0 Å². The van der Waals surface area contributed by atoms with E-state index in [0.717, 1.165) is 6.21 Å². The first-order valence-electron chi connectivity index (χ1n) is 3.95. The van der Waals surface area contributed by atoms with Crippen LogP contribution in [0.1, 0.15) is 5.56 Å². The number of hydrogen-bond acceptors (Lipinski definition) is 2. The summed E-state index contributed by atoms with van der Waals surface area (Å²) in [5, 5.41) is 3.56. The second-order valence-electron chi connectivity index (χ2n) is 2.64. The summed E-state index contributed by atoms with van der Waals surface area (Å²) in [5.74, 6) is 0. The van der Waals surface area contributed by atoms with Gasteiger partial charge in [0.25, 0.3) is 0 Å². The Hall–Kier alpha value is -1.23. The smallest absolute Gasteiger partial charge is 0.386 e. The highest BCUT2D eigenvalue weighted by atomic mass is 35.5. The zero-order chi connectivity index (χ0) is 11.3. The number of benzene rings is 1. The third kappa shape index (κ3) is 4.69. The van der Waals surface area contributed by atoms with Crippen molar-refractivity contribution >= 4 is 17.8 Å². The fourth-order valence-corrected chi connectivity index (χ4v) is 0.969.